The smallest absolute Gasteiger partial charge is 0.410 e. The summed E-state index contributed by atoms with van der Waals surface area (Å²) in [6.45, 7) is 1.00. The number of morpholine rings is 1. The van der Waals surface area contributed by atoms with Crippen LogP contribution in [0.15, 0.2) is 72.8 Å². The van der Waals surface area contributed by atoms with E-state index >= 15 is 0 Å². The zero-order valence-electron chi connectivity index (χ0n) is 21.2. The predicted molar refractivity (Wildman–Crippen MR) is 141 cm³/mol. The zero-order chi connectivity index (χ0) is 25.9. The molecule has 1 amide bonds. The Bertz CT molecular complexity index is 1400. The lowest BCUT2D eigenvalue weighted by molar-refractivity contribution is -0.136. The molecule has 1 saturated carbocycles. The van der Waals surface area contributed by atoms with Crippen molar-refractivity contribution in [3.05, 3.63) is 95.1 Å². The van der Waals surface area contributed by atoms with Crippen molar-refractivity contribution in [1.29, 1.82) is 5.26 Å². The van der Waals surface area contributed by atoms with Crippen LogP contribution in [-0.2, 0) is 20.5 Å². The number of rotatable bonds is 4. The third kappa shape index (κ3) is 3.65. The van der Waals surface area contributed by atoms with Crippen LogP contribution in [0.3, 0.4) is 0 Å². The molecule has 2 heterocycles. The van der Waals surface area contributed by atoms with E-state index in [-0.39, 0.29) is 30.7 Å². The standard InChI is InChI=1S/C32H30N2O4/c33-20-31(12-13-31)21-6-5-7-22(14-21)32(36)15-23-17-37-18-24(16-32)34(23)30(35)38-19-29-27-10-3-1-8-25(27)26-9-2-4-11-28(26)29/h1-11,14,23-24,29,36H,12-13,15-19H2. The van der Waals surface area contributed by atoms with Crippen LogP contribution in [-0.4, -0.2) is 48.0 Å². The molecule has 6 heteroatoms. The molecule has 2 saturated heterocycles. The molecular formula is C32H30N2O4. The summed E-state index contributed by atoms with van der Waals surface area (Å²) in [5.41, 5.74) is 5.07. The maximum absolute atomic E-state index is 13.5. The highest BCUT2D eigenvalue weighted by Gasteiger charge is 2.51. The average Bonchev–Trinajstić information content (AvgIpc) is 3.68. The number of fused-ring (bicyclic) bond motifs is 5. The van der Waals surface area contributed by atoms with Crippen molar-refractivity contribution >= 4 is 6.09 Å². The molecule has 1 N–H and O–H groups in total. The molecule has 2 bridgehead atoms. The highest BCUT2D eigenvalue weighted by molar-refractivity contribution is 5.79. The third-order valence-corrected chi connectivity index (χ3v) is 9.02. The number of benzene rings is 3. The van der Waals surface area contributed by atoms with Crippen LogP contribution in [0.2, 0.25) is 0 Å². The van der Waals surface area contributed by atoms with Crippen molar-refractivity contribution in [3.8, 4) is 17.2 Å². The first-order valence-corrected chi connectivity index (χ1v) is 13.5. The van der Waals surface area contributed by atoms with E-state index in [1.165, 1.54) is 22.3 Å². The minimum absolute atomic E-state index is 0.00165. The Kier molecular flexibility index (Phi) is 5.36. The molecule has 2 aliphatic heterocycles. The first-order valence-electron chi connectivity index (χ1n) is 13.5. The number of aliphatic hydroxyl groups is 1. The molecule has 3 fully saturated rings. The molecule has 0 spiro atoms. The molecular weight excluding hydrogens is 476 g/mol. The van der Waals surface area contributed by atoms with Crippen molar-refractivity contribution < 1.29 is 19.4 Å². The Morgan fingerprint density at radius 2 is 1.55 bits per heavy atom. The maximum atomic E-state index is 13.5. The number of ether oxygens (including phenoxy) is 2. The van der Waals surface area contributed by atoms with Crippen molar-refractivity contribution in [2.24, 2.45) is 0 Å². The van der Waals surface area contributed by atoms with E-state index in [1.54, 1.807) is 4.90 Å². The van der Waals surface area contributed by atoms with Gasteiger partial charge in [-0.15, -0.1) is 0 Å². The topological polar surface area (TPSA) is 82.8 Å². The lowest BCUT2D eigenvalue weighted by Gasteiger charge is -2.51. The summed E-state index contributed by atoms with van der Waals surface area (Å²) >= 11 is 0. The molecule has 2 aliphatic carbocycles. The minimum Gasteiger partial charge on any atom is -0.448 e. The van der Waals surface area contributed by atoms with Gasteiger partial charge in [-0.25, -0.2) is 4.79 Å². The number of carbonyl (C=O) groups excluding carboxylic acids is 1. The van der Waals surface area contributed by atoms with Crippen molar-refractivity contribution in [1.82, 2.24) is 4.90 Å². The fourth-order valence-electron chi connectivity index (χ4n) is 6.88. The molecule has 0 aromatic heterocycles. The van der Waals surface area contributed by atoms with Gasteiger partial charge in [-0.05, 0) is 46.2 Å². The molecule has 3 aromatic carbocycles. The fraction of sp³-hybridized carbons (Fsp3) is 0.375. The summed E-state index contributed by atoms with van der Waals surface area (Å²) in [7, 11) is 0. The summed E-state index contributed by atoms with van der Waals surface area (Å²) in [5.74, 6) is 0.00165. The second-order valence-corrected chi connectivity index (χ2v) is 11.3. The number of amides is 1. The van der Waals surface area contributed by atoms with Crippen molar-refractivity contribution in [3.63, 3.8) is 0 Å². The second kappa shape index (κ2) is 8.69. The van der Waals surface area contributed by atoms with Gasteiger partial charge in [0.1, 0.15) is 6.61 Å². The van der Waals surface area contributed by atoms with Gasteiger partial charge in [-0.1, -0.05) is 72.8 Å². The molecule has 6 nitrogen and oxygen atoms in total. The molecule has 3 aromatic rings. The van der Waals surface area contributed by atoms with Gasteiger partial charge in [0.05, 0.1) is 42.4 Å². The van der Waals surface area contributed by atoms with Crippen LogP contribution in [0.1, 0.15) is 53.9 Å². The minimum atomic E-state index is -1.08. The van der Waals surface area contributed by atoms with Gasteiger partial charge in [-0.3, -0.25) is 4.90 Å². The number of piperidine rings is 1. The van der Waals surface area contributed by atoms with E-state index in [2.05, 4.69) is 30.3 Å². The highest BCUT2D eigenvalue weighted by atomic mass is 16.6. The van der Waals surface area contributed by atoms with Crippen molar-refractivity contribution in [2.45, 2.75) is 54.7 Å². The Labute approximate surface area is 222 Å². The molecule has 2 unspecified atom stereocenters. The molecule has 38 heavy (non-hydrogen) atoms. The average molecular weight is 507 g/mol. The van der Waals surface area contributed by atoms with E-state index < -0.39 is 11.0 Å². The third-order valence-electron chi connectivity index (χ3n) is 9.02. The summed E-state index contributed by atoms with van der Waals surface area (Å²) in [6, 6.07) is 26.4. The molecule has 192 valence electrons. The van der Waals surface area contributed by atoms with Gasteiger partial charge < -0.3 is 14.6 Å². The normalized spacial score (nSPS) is 26.7. The zero-order valence-corrected chi connectivity index (χ0v) is 21.2. The summed E-state index contributed by atoms with van der Waals surface area (Å²) in [5, 5.41) is 21.5. The Hall–Kier alpha value is -3.66. The molecule has 4 aliphatic rings. The first kappa shape index (κ1) is 23.5. The van der Waals surface area contributed by atoms with Gasteiger partial charge in [0.25, 0.3) is 0 Å². The van der Waals surface area contributed by atoms with Gasteiger partial charge in [0.2, 0.25) is 0 Å². The summed E-state index contributed by atoms with van der Waals surface area (Å²) in [4.78, 5) is 15.3. The largest absolute Gasteiger partial charge is 0.448 e. The van der Waals surface area contributed by atoms with Crippen LogP contribution in [0.5, 0.6) is 0 Å². The van der Waals surface area contributed by atoms with E-state index in [9.17, 15) is 15.2 Å². The molecule has 7 rings (SSSR count). The van der Waals surface area contributed by atoms with Crippen molar-refractivity contribution in [2.75, 3.05) is 19.8 Å². The van der Waals surface area contributed by atoms with Crippen LogP contribution in [0.4, 0.5) is 4.79 Å². The second-order valence-electron chi connectivity index (χ2n) is 11.3. The number of hydrogen-bond acceptors (Lipinski definition) is 5. The van der Waals surface area contributed by atoms with Crippen LogP contribution >= 0.6 is 0 Å². The lowest BCUT2D eigenvalue weighted by Crippen LogP contribution is -2.62. The van der Waals surface area contributed by atoms with Crippen LogP contribution < -0.4 is 0 Å². The Balaban J connectivity index is 1.10. The Morgan fingerprint density at radius 1 is 0.947 bits per heavy atom. The fourth-order valence-corrected chi connectivity index (χ4v) is 6.88. The van der Waals surface area contributed by atoms with Gasteiger partial charge in [0, 0.05) is 18.8 Å². The SMILES string of the molecule is N#CC1(c2cccc(C3(O)CC4COCC(C3)N4C(=O)OCC3c4ccccc4-c4ccccc43)c2)CC1. The number of nitrogens with zero attached hydrogens (tertiary/aromatic N) is 2. The number of hydrogen-bond donors (Lipinski definition) is 1. The van der Waals surface area contributed by atoms with Crippen LogP contribution in [0.25, 0.3) is 11.1 Å². The lowest BCUT2D eigenvalue weighted by atomic mass is 9.76. The molecule has 2 atom stereocenters. The predicted octanol–water partition coefficient (Wildman–Crippen LogP) is 5.24. The first-order chi connectivity index (χ1) is 18.5. The van der Waals surface area contributed by atoms with Gasteiger partial charge in [0.15, 0.2) is 0 Å². The highest BCUT2D eigenvalue weighted by Crippen LogP contribution is 2.49. The number of nitriles is 1. The van der Waals surface area contributed by atoms with Crippen LogP contribution in [0, 0.1) is 11.3 Å². The summed E-state index contributed by atoms with van der Waals surface area (Å²) in [6.07, 6.45) is 2.12. The van der Waals surface area contributed by atoms with E-state index in [1.807, 2.05) is 48.5 Å². The molecule has 0 radical (unpaired) electrons. The Morgan fingerprint density at radius 3 is 2.16 bits per heavy atom. The number of carbonyl (C=O) groups is 1. The van der Waals surface area contributed by atoms with E-state index in [0.717, 1.165) is 24.0 Å². The quantitative estimate of drug-likeness (QED) is 0.523. The maximum Gasteiger partial charge on any atom is 0.410 e. The van der Waals surface area contributed by atoms with Gasteiger partial charge in [-0.2, -0.15) is 5.26 Å². The van der Waals surface area contributed by atoms with E-state index in [4.69, 9.17) is 9.47 Å². The summed E-state index contributed by atoms with van der Waals surface area (Å²) < 4.78 is 11.8. The van der Waals surface area contributed by atoms with E-state index in [0.29, 0.717) is 26.1 Å². The monoisotopic (exact) mass is 506 g/mol. The van der Waals surface area contributed by atoms with Gasteiger partial charge >= 0.3 is 6.09 Å².